The summed E-state index contributed by atoms with van der Waals surface area (Å²) in [7, 11) is 2.65. The molecule has 8 nitrogen and oxygen atoms in total. The van der Waals surface area contributed by atoms with Crippen LogP contribution in [0, 0.1) is 27.7 Å². The van der Waals surface area contributed by atoms with Crippen molar-refractivity contribution in [1.82, 2.24) is 10.2 Å². The second-order valence-electron chi connectivity index (χ2n) is 9.54. The Bertz CT molecular complexity index is 1070. The number of rotatable bonds is 13. The Morgan fingerprint density at radius 1 is 0.732 bits per heavy atom. The molecule has 0 saturated carbocycles. The number of methoxy groups -OCH3 is 2. The number of alkyl halides is 1. The van der Waals surface area contributed by atoms with Crippen LogP contribution < -0.4 is 5.32 Å². The Kier molecular flexibility index (Phi) is 20.0. The first kappa shape index (κ1) is 37.9. The van der Waals surface area contributed by atoms with Crippen molar-refractivity contribution in [2.45, 2.75) is 54.4 Å². The molecule has 0 heterocycles. The average molecular weight is 591 g/mol. The van der Waals surface area contributed by atoms with Gasteiger partial charge in [0, 0.05) is 12.8 Å². The molecule has 0 saturated heterocycles. The molecule has 0 aliphatic rings. The molecule has 0 atom stereocenters. The molecule has 41 heavy (non-hydrogen) atoms. The highest BCUT2D eigenvalue weighted by molar-refractivity contribution is 6.26. The molecule has 0 spiro atoms. The summed E-state index contributed by atoms with van der Waals surface area (Å²) in [5.41, 5.74) is 6.95. The molecule has 0 radical (unpaired) electrons. The van der Waals surface area contributed by atoms with Crippen LogP contribution in [0.4, 0.5) is 0 Å². The van der Waals surface area contributed by atoms with E-state index in [9.17, 15) is 19.2 Å². The van der Waals surface area contributed by atoms with Gasteiger partial charge in [-0.2, -0.15) is 0 Å². The third kappa shape index (κ3) is 16.1. The summed E-state index contributed by atoms with van der Waals surface area (Å²) in [6.45, 7) is 14.5. The lowest BCUT2D eigenvalue weighted by Gasteiger charge is -2.18. The number of nitrogens with zero attached hydrogens (tertiary/aromatic N) is 1. The van der Waals surface area contributed by atoms with Crippen LogP contribution in [0.25, 0.3) is 0 Å². The summed E-state index contributed by atoms with van der Waals surface area (Å²) in [5.74, 6) is -0.387. The molecule has 0 bridgehead atoms. The van der Waals surface area contributed by atoms with Crippen LogP contribution >= 0.6 is 11.6 Å². The predicted molar refractivity (Wildman–Crippen MR) is 165 cm³/mol. The molecule has 9 heteroatoms. The first-order valence-electron chi connectivity index (χ1n) is 13.7. The van der Waals surface area contributed by atoms with E-state index in [-0.39, 0.29) is 36.5 Å². The molecule has 0 fully saturated rings. The van der Waals surface area contributed by atoms with Crippen LogP contribution in [-0.4, -0.2) is 81.2 Å². The van der Waals surface area contributed by atoms with Gasteiger partial charge in [0.05, 0.1) is 33.9 Å². The van der Waals surface area contributed by atoms with E-state index < -0.39 is 5.97 Å². The number of carbonyl (C=O) groups excluding carboxylic acids is 4. The first-order valence-corrected chi connectivity index (χ1v) is 14.2. The SMILES string of the molecule is CCN(CC(=O)Cc1c(C)cccc1C)CC(=O)OC.CCNCC(=O)Cc1c(C)cccc1C.COC(=O)CCl. The maximum atomic E-state index is 12.2. The fourth-order valence-electron chi connectivity index (χ4n) is 3.86. The number of aryl methyl sites for hydroxylation is 4. The molecular weight excluding hydrogens is 544 g/mol. The smallest absolute Gasteiger partial charge is 0.320 e. The summed E-state index contributed by atoms with van der Waals surface area (Å²) >= 11 is 4.98. The zero-order valence-electron chi connectivity index (χ0n) is 25.9. The van der Waals surface area contributed by atoms with E-state index in [1.54, 1.807) is 4.90 Å². The van der Waals surface area contributed by atoms with Gasteiger partial charge in [-0.25, -0.2) is 0 Å². The number of hydrogen-bond donors (Lipinski definition) is 1. The van der Waals surface area contributed by atoms with Gasteiger partial charge < -0.3 is 14.8 Å². The number of carbonyl (C=O) groups is 4. The van der Waals surface area contributed by atoms with E-state index in [0.29, 0.717) is 25.9 Å². The van der Waals surface area contributed by atoms with Gasteiger partial charge in [0.2, 0.25) is 0 Å². The quantitative estimate of drug-likeness (QED) is 0.272. The highest BCUT2D eigenvalue weighted by atomic mass is 35.5. The van der Waals surface area contributed by atoms with Gasteiger partial charge in [0.1, 0.15) is 5.88 Å². The molecule has 1 N–H and O–H groups in total. The molecule has 2 aromatic rings. The number of halogens is 1. The van der Waals surface area contributed by atoms with Gasteiger partial charge in [-0.1, -0.05) is 50.2 Å². The molecular formula is C32H47ClN2O6. The Morgan fingerprint density at radius 3 is 1.51 bits per heavy atom. The average Bonchev–Trinajstić information content (AvgIpc) is 2.95. The zero-order chi connectivity index (χ0) is 31.4. The fraction of sp³-hybridized carbons (Fsp3) is 0.500. The third-order valence-electron chi connectivity index (χ3n) is 6.37. The third-order valence-corrected chi connectivity index (χ3v) is 6.59. The number of likely N-dealkylation sites (N-methyl/N-ethyl adjacent to an activating group) is 2. The van der Waals surface area contributed by atoms with E-state index in [4.69, 9.17) is 11.6 Å². The predicted octanol–water partition coefficient (Wildman–Crippen LogP) is 4.33. The van der Waals surface area contributed by atoms with Crippen molar-refractivity contribution < 1.29 is 28.7 Å². The minimum absolute atomic E-state index is 0.0590. The summed E-state index contributed by atoms with van der Waals surface area (Å²) in [6, 6.07) is 12.2. The minimum Gasteiger partial charge on any atom is -0.468 e. The topological polar surface area (TPSA) is 102 Å². The number of esters is 2. The lowest BCUT2D eigenvalue weighted by Crippen LogP contribution is -2.35. The molecule has 228 valence electrons. The monoisotopic (exact) mass is 590 g/mol. The van der Waals surface area contributed by atoms with Crippen molar-refractivity contribution in [3.05, 3.63) is 69.8 Å². The van der Waals surface area contributed by atoms with Crippen LogP contribution in [0.5, 0.6) is 0 Å². The van der Waals surface area contributed by atoms with Crippen molar-refractivity contribution in [1.29, 1.82) is 0 Å². The molecule has 2 rings (SSSR count). The van der Waals surface area contributed by atoms with Crippen LogP contribution in [0.3, 0.4) is 0 Å². The Labute approximate surface area is 250 Å². The summed E-state index contributed by atoms with van der Waals surface area (Å²) in [5, 5.41) is 3.06. The molecule has 2 aromatic carbocycles. The first-order chi connectivity index (χ1) is 19.4. The normalized spacial score (nSPS) is 10.1. The van der Waals surface area contributed by atoms with Crippen molar-refractivity contribution >= 4 is 35.1 Å². The minimum atomic E-state index is -0.392. The number of nitrogens with one attached hydrogen (secondary N) is 1. The van der Waals surface area contributed by atoms with Crippen LogP contribution in [0.2, 0.25) is 0 Å². The number of hydrogen-bond acceptors (Lipinski definition) is 8. The maximum absolute atomic E-state index is 12.2. The zero-order valence-corrected chi connectivity index (χ0v) is 26.7. The van der Waals surface area contributed by atoms with Gasteiger partial charge >= 0.3 is 11.9 Å². The van der Waals surface area contributed by atoms with Crippen LogP contribution in [0.15, 0.2) is 36.4 Å². The number of benzene rings is 2. The van der Waals surface area contributed by atoms with Crippen molar-refractivity contribution in [3.63, 3.8) is 0 Å². The summed E-state index contributed by atoms with van der Waals surface area (Å²) in [6.07, 6.45) is 0.960. The Balaban J connectivity index is 0.000000669. The Morgan fingerprint density at radius 2 is 1.17 bits per heavy atom. The van der Waals surface area contributed by atoms with Gasteiger partial charge in [-0.05, 0) is 74.2 Å². The lowest BCUT2D eigenvalue weighted by atomic mass is 9.98. The summed E-state index contributed by atoms with van der Waals surface area (Å²) < 4.78 is 8.76. The number of ether oxygens (including phenoxy) is 2. The van der Waals surface area contributed by atoms with Crippen molar-refractivity contribution in [2.75, 3.05) is 52.8 Å². The highest BCUT2D eigenvalue weighted by Gasteiger charge is 2.15. The number of Topliss-reactive ketones (excluding diaryl/α,β-unsaturated/α-hetero) is 2. The van der Waals surface area contributed by atoms with Crippen molar-refractivity contribution in [2.24, 2.45) is 0 Å². The maximum Gasteiger partial charge on any atom is 0.320 e. The van der Waals surface area contributed by atoms with Crippen LogP contribution in [-0.2, 0) is 41.5 Å². The number of ketones is 2. The molecule has 0 aliphatic heterocycles. The van der Waals surface area contributed by atoms with E-state index in [2.05, 4.69) is 40.8 Å². The van der Waals surface area contributed by atoms with Crippen LogP contribution in [0.1, 0.15) is 47.2 Å². The highest BCUT2D eigenvalue weighted by Crippen LogP contribution is 2.15. The molecule has 0 amide bonds. The molecule has 0 aliphatic carbocycles. The fourth-order valence-corrected chi connectivity index (χ4v) is 3.97. The second kappa shape index (κ2) is 21.6. The van der Waals surface area contributed by atoms with Gasteiger partial charge in [0.15, 0.2) is 11.6 Å². The van der Waals surface area contributed by atoms with E-state index >= 15 is 0 Å². The van der Waals surface area contributed by atoms with Crippen molar-refractivity contribution in [3.8, 4) is 0 Å². The van der Waals surface area contributed by atoms with Gasteiger partial charge in [-0.3, -0.25) is 24.1 Å². The van der Waals surface area contributed by atoms with E-state index in [0.717, 1.165) is 23.2 Å². The van der Waals surface area contributed by atoms with Gasteiger partial charge in [-0.15, -0.1) is 11.6 Å². The Hall–Kier alpha value is -3.07. The lowest BCUT2D eigenvalue weighted by molar-refractivity contribution is -0.142. The van der Waals surface area contributed by atoms with Gasteiger partial charge in [0.25, 0.3) is 0 Å². The molecule has 0 aromatic heterocycles. The molecule has 0 unspecified atom stereocenters. The van der Waals surface area contributed by atoms with E-state index in [1.807, 2.05) is 52.0 Å². The standard InChI is InChI=1S/C16H23NO3.C13H19NO.C3H5ClO2/c1-5-17(11-16(19)20-4)10-14(18)9-15-12(2)7-6-8-13(15)3;1-4-14-9-12(15)8-13-10(2)6-5-7-11(13)3;1-6-3(5)2-4/h6-8H,5,9-11H2,1-4H3;5-7,14H,4,8-9H2,1-3H3;2H2,1H3. The van der Waals surface area contributed by atoms with E-state index in [1.165, 1.54) is 30.9 Å². The second-order valence-corrected chi connectivity index (χ2v) is 9.81. The largest absolute Gasteiger partial charge is 0.468 e. The summed E-state index contributed by atoms with van der Waals surface area (Å²) in [4.78, 5) is 46.6.